The van der Waals surface area contributed by atoms with Crippen LogP contribution >= 0.6 is 0 Å². The Morgan fingerprint density at radius 1 is 1.55 bits per heavy atom. The molecule has 0 fully saturated rings. The van der Waals surface area contributed by atoms with Crippen molar-refractivity contribution in [3.63, 3.8) is 0 Å². The summed E-state index contributed by atoms with van der Waals surface area (Å²) in [5.41, 5.74) is 0.168. The summed E-state index contributed by atoms with van der Waals surface area (Å²) in [5.74, 6) is -2.14. The molecule has 0 aliphatic carbocycles. The summed E-state index contributed by atoms with van der Waals surface area (Å²) in [6.07, 6.45) is 0. The third-order valence-corrected chi connectivity index (χ3v) is 0.670. The second-order valence-electron chi connectivity index (χ2n) is 1.73. The highest BCUT2D eigenvalue weighted by atomic mass is 16.5. The third-order valence-electron chi connectivity index (χ3n) is 0.670. The summed E-state index contributed by atoms with van der Waals surface area (Å²) >= 11 is 0. The maximum Gasteiger partial charge on any atom is 0.333 e. The second kappa shape index (κ2) is 5.43. The van der Waals surface area contributed by atoms with E-state index in [-0.39, 0.29) is 11.7 Å². The van der Waals surface area contributed by atoms with Gasteiger partial charge in [0.15, 0.2) is 0 Å². The fourth-order valence-corrected chi connectivity index (χ4v) is 0.248. The van der Waals surface area contributed by atoms with Crippen molar-refractivity contribution in [1.82, 2.24) is 6.15 Å². The maximum absolute atomic E-state index is 10.4. The van der Waals surface area contributed by atoms with Crippen molar-refractivity contribution < 1.29 is 19.4 Å². The van der Waals surface area contributed by atoms with Gasteiger partial charge in [0.1, 0.15) is 6.61 Å². The Morgan fingerprint density at radius 3 is 2.27 bits per heavy atom. The topological polar surface area (TPSA) is 103 Å². The van der Waals surface area contributed by atoms with Crippen LogP contribution in [-0.2, 0) is 14.3 Å². The van der Waals surface area contributed by atoms with Crippen LogP contribution in [0.15, 0.2) is 12.2 Å². The molecule has 0 unspecified atom stereocenters. The highest BCUT2D eigenvalue weighted by Gasteiger charge is 2.00. The van der Waals surface area contributed by atoms with E-state index < -0.39 is 18.5 Å². The van der Waals surface area contributed by atoms with Crippen LogP contribution in [0, 0.1) is 0 Å². The summed E-state index contributed by atoms with van der Waals surface area (Å²) in [7, 11) is 0. The molecule has 0 aromatic rings. The molecule has 64 valence electrons. The molecule has 0 atom stereocenters. The summed E-state index contributed by atoms with van der Waals surface area (Å²) in [5, 5.41) is 9.71. The van der Waals surface area contributed by atoms with Crippen LogP contribution in [0.5, 0.6) is 0 Å². The summed E-state index contributed by atoms with van der Waals surface area (Å²) in [6.45, 7) is 3.96. The zero-order chi connectivity index (χ0) is 8.15. The van der Waals surface area contributed by atoms with Crippen LogP contribution in [0.4, 0.5) is 0 Å². The van der Waals surface area contributed by atoms with Gasteiger partial charge >= 0.3 is 5.97 Å². The van der Waals surface area contributed by atoms with Crippen LogP contribution in [0.25, 0.3) is 0 Å². The Hall–Kier alpha value is -1.36. The van der Waals surface area contributed by atoms with E-state index in [1.807, 2.05) is 0 Å². The van der Waals surface area contributed by atoms with Gasteiger partial charge < -0.3 is 20.8 Å². The predicted octanol–water partition coefficient (Wildman–Crippen LogP) is -0.768. The van der Waals surface area contributed by atoms with Crippen molar-refractivity contribution in [2.45, 2.75) is 6.92 Å². The number of carbonyl (C=O) groups excluding carboxylic acids is 2. The first-order valence-corrected chi connectivity index (χ1v) is 2.56. The summed E-state index contributed by atoms with van der Waals surface area (Å²) in [6, 6.07) is 0. The number of rotatable bonds is 3. The first kappa shape index (κ1) is 12.3. The van der Waals surface area contributed by atoms with Gasteiger partial charge in [0, 0.05) is 5.57 Å². The minimum absolute atomic E-state index is 0. The Balaban J connectivity index is 0. The van der Waals surface area contributed by atoms with Gasteiger partial charge in [-0.2, -0.15) is 0 Å². The highest BCUT2D eigenvalue weighted by Crippen LogP contribution is 1.89. The Bertz CT molecular complexity index is 175. The lowest BCUT2D eigenvalue weighted by Crippen LogP contribution is -2.28. The van der Waals surface area contributed by atoms with Crippen molar-refractivity contribution in [2.24, 2.45) is 0 Å². The molecule has 0 aromatic heterocycles. The molecule has 0 aliphatic heterocycles. The Labute approximate surface area is 64.2 Å². The standard InChI is InChI=1S/C6H8O4.H3N/c1-4(2)6(9)10-3-5(7)8;/h1,3H2,2H3,(H,7,8);1H3. The zero-order valence-electron chi connectivity index (χ0n) is 6.55. The van der Waals surface area contributed by atoms with Crippen molar-refractivity contribution in [3.8, 4) is 0 Å². The normalized spacial score (nSPS) is 7.73. The van der Waals surface area contributed by atoms with Crippen LogP contribution in [0.2, 0.25) is 0 Å². The quantitative estimate of drug-likeness (QED) is 0.433. The number of carboxylic acid groups (broad SMARTS) is 1. The molecule has 0 bridgehead atoms. The largest absolute Gasteiger partial charge is 0.546 e. The van der Waals surface area contributed by atoms with Gasteiger partial charge in [-0.3, -0.25) is 0 Å². The van der Waals surface area contributed by atoms with Gasteiger partial charge in [-0.05, 0) is 6.92 Å². The molecule has 0 saturated heterocycles. The second-order valence-corrected chi connectivity index (χ2v) is 1.73. The van der Waals surface area contributed by atoms with Crippen LogP contribution < -0.4 is 11.3 Å². The van der Waals surface area contributed by atoms with E-state index in [4.69, 9.17) is 0 Å². The Kier molecular flexibility index (Phi) is 6.08. The molecule has 5 heteroatoms. The molecule has 0 aromatic carbocycles. The maximum atomic E-state index is 10.4. The molecule has 0 heterocycles. The minimum Gasteiger partial charge on any atom is -0.546 e. The summed E-state index contributed by atoms with van der Waals surface area (Å²) < 4.78 is 4.16. The lowest BCUT2D eigenvalue weighted by molar-refractivity contribution is -0.308. The van der Waals surface area contributed by atoms with E-state index in [0.29, 0.717) is 0 Å². The lowest BCUT2D eigenvalue weighted by atomic mass is 10.4. The number of hydrogen-bond donors (Lipinski definition) is 1. The fourth-order valence-electron chi connectivity index (χ4n) is 0.248. The van der Waals surface area contributed by atoms with Crippen molar-refractivity contribution in [3.05, 3.63) is 12.2 Å². The van der Waals surface area contributed by atoms with Gasteiger partial charge in [-0.1, -0.05) is 6.58 Å². The molecule has 0 saturated carbocycles. The molecule has 5 nitrogen and oxygen atoms in total. The van der Waals surface area contributed by atoms with E-state index in [2.05, 4.69) is 11.3 Å². The molecular weight excluding hydrogens is 150 g/mol. The molecule has 11 heavy (non-hydrogen) atoms. The van der Waals surface area contributed by atoms with Crippen LogP contribution in [-0.4, -0.2) is 18.5 Å². The average molecular weight is 161 g/mol. The number of carbonyl (C=O) groups is 2. The molecular formula is C6H11NO4. The van der Waals surface area contributed by atoms with Gasteiger partial charge in [0.05, 0.1) is 5.97 Å². The average Bonchev–Trinajstić information content (AvgIpc) is 1.82. The summed E-state index contributed by atoms with van der Waals surface area (Å²) in [4.78, 5) is 20.1. The van der Waals surface area contributed by atoms with Gasteiger partial charge in [0.25, 0.3) is 0 Å². The van der Waals surface area contributed by atoms with Gasteiger partial charge in [0.2, 0.25) is 0 Å². The van der Waals surface area contributed by atoms with Crippen molar-refractivity contribution in [1.29, 1.82) is 0 Å². The van der Waals surface area contributed by atoms with E-state index in [0.717, 1.165) is 0 Å². The number of esters is 1. The van der Waals surface area contributed by atoms with Crippen molar-refractivity contribution >= 4 is 11.9 Å². The fraction of sp³-hybridized carbons (Fsp3) is 0.333. The van der Waals surface area contributed by atoms with Crippen LogP contribution in [0.3, 0.4) is 0 Å². The van der Waals surface area contributed by atoms with E-state index in [1.165, 1.54) is 6.92 Å². The minimum atomic E-state index is -1.42. The molecule has 0 amide bonds. The monoisotopic (exact) mass is 161 g/mol. The van der Waals surface area contributed by atoms with Crippen LogP contribution in [0.1, 0.15) is 6.92 Å². The number of aliphatic carboxylic acids is 1. The Morgan fingerprint density at radius 2 is 2.00 bits per heavy atom. The number of carboxylic acids is 1. The SMILES string of the molecule is C=C(C)C(=O)OCC(=O)[O-].[NH4+]. The number of ether oxygens (including phenoxy) is 1. The smallest absolute Gasteiger partial charge is 0.333 e. The molecule has 4 N–H and O–H groups in total. The van der Waals surface area contributed by atoms with E-state index in [9.17, 15) is 14.7 Å². The first-order chi connectivity index (χ1) is 4.54. The molecule has 0 radical (unpaired) electrons. The number of quaternary nitrogens is 1. The number of hydrogen-bond acceptors (Lipinski definition) is 4. The van der Waals surface area contributed by atoms with E-state index in [1.54, 1.807) is 0 Å². The first-order valence-electron chi connectivity index (χ1n) is 2.56. The van der Waals surface area contributed by atoms with Gasteiger partial charge in [-0.15, -0.1) is 0 Å². The predicted molar refractivity (Wildman–Crippen MR) is 36.8 cm³/mol. The molecule has 0 rings (SSSR count). The zero-order valence-corrected chi connectivity index (χ0v) is 6.55. The lowest BCUT2D eigenvalue weighted by Gasteiger charge is -2.03. The van der Waals surface area contributed by atoms with Crippen molar-refractivity contribution in [2.75, 3.05) is 6.61 Å². The molecule has 0 spiro atoms. The third kappa shape index (κ3) is 6.53. The van der Waals surface area contributed by atoms with Gasteiger partial charge in [-0.25, -0.2) is 4.79 Å². The molecule has 0 aliphatic rings. The van der Waals surface area contributed by atoms with E-state index >= 15 is 0 Å². The highest BCUT2D eigenvalue weighted by molar-refractivity contribution is 5.88.